The number of ether oxygens (including phenoxy) is 2. The zero-order valence-electron chi connectivity index (χ0n) is 21.2. The van der Waals surface area contributed by atoms with Gasteiger partial charge in [0.25, 0.3) is 0 Å². The van der Waals surface area contributed by atoms with Crippen LogP contribution < -0.4 is 19.1 Å². The number of anilines is 1. The number of nitrogens with one attached hydrogen (secondary N) is 1. The van der Waals surface area contributed by atoms with Gasteiger partial charge < -0.3 is 19.7 Å². The average Bonchev–Trinajstić information content (AvgIpc) is 3.33. The molecule has 9 nitrogen and oxygen atoms in total. The maximum Gasteiger partial charge on any atom is 0.244 e. The number of hydrogen-bond donors (Lipinski definition) is 1. The molecule has 1 N–H and O–H groups in total. The average molecular weight is 573 g/mol. The fourth-order valence-corrected chi connectivity index (χ4v) is 5.00. The highest BCUT2D eigenvalue weighted by molar-refractivity contribution is 7.92. The number of nitrogens with zero attached hydrogens (tertiary/aromatic N) is 2. The number of hydrogen-bond acceptors (Lipinski definition) is 6. The van der Waals surface area contributed by atoms with Crippen LogP contribution >= 0.6 is 23.2 Å². The maximum atomic E-state index is 13.7. The van der Waals surface area contributed by atoms with Gasteiger partial charge in [-0.25, -0.2) is 8.42 Å². The van der Waals surface area contributed by atoms with Crippen molar-refractivity contribution in [2.24, 2.45) is 5.92 Å². The summed E-state index contributed by atoms with van der Waals surface area (Å²) in [7, 11) is -3.86. The molecule has 2 aromatic rings. The zero-order chi connectivity index (χ0) is 27.3. The normalized spacial score (nSPS) is 13.4. The van der Waals surface area contributed by atoms with Crippen LogP contribution in [-0.2, 0) is 26.2 Å². The molecule has 0 radical (unpaired) electrons. The molecule has 0 saturated carbocycles. The SMILES string of the molecule is CCS(=O)(=O)N(CC(=O)N(Cc1ccc(Cl)c(Cl)c1)[C@@H](C)C(=O)NCC(C)C)c1ccc2c(c1)OCO2. The van der Waals surface area contributed by atoms with Crippen molar-refractivity contribution in [2.45, 2.75) is 40.3 Å². The van der Waals surface area contributed by atoms with E-state index in [1.807, 2.05) is 13.8 Å². The number of amides is 2. The molecule has 202 valence electrons. The fourth-order valence-electron chi connectivity index (χ4n) is 3.63. The number of halogens is 2. The Morgan fingerprint density at radius 1 is 1.03 bits per heavy atom. The number of carbonyl (C=O) groups excluding carboxylic acids is 2. The molecule has 2 amide bonds. The number of rotatable bonds is 11. The Morgan fingerprint density at radius 2 is 1.73 bits per heavy atom. The molecule has 0 saturated heterocycles. The lowest BCUT2D eigenvalue weighted by Crippen LogP contribution is -2.51. The van der Waals surface area contributed by atoms with E-state index < -0.39 is 28.5 Å². The lowest BCUT2D eigenvalue weighted by molar-refractivity contribution is -0.139. The minimum absolute atomic E-state index is 0.0210. The van der Waals surface area contributed by atoms with Crippen LogP contribution in [0.2, 0.25) is 10.0 Å². The van der Waals surface area contributed by atoms with Crippen molar-refractivity contribution >= 4 is 50.7 Å². The van der Waals surface area contributed by atoms with Gasteiger partial charge in [-0.1, -0.05) is 43.1 Å². The second-order valence-corrected chi connectivity index (χ2v) is 12.0. The molecule has 0 aliphatic carbocycles. The molecule has 1 heterocycles. The number of sulfonamides is 1. The van der Waals surface area contributed by atoms with E-state index in [0.29, 0.717) is 33.7 Å². The molecule has 2 aromatic carbocycles. The van der Waals surface area contributed by atoms with E-state index in [0.717, 1.165) is 4.31 Å². The van der Waals surface area contributed by atoms with Gasteiger partial charge >= 0.3 is 0 Å². The third-order valence-electron chi connectivity index (χ3n) is 5.81. The molecule has 37 heavy (non-hydrogen) atoms. The molecule has 12 heteroatoms. The molecule has 0 spiro atoms. The predicted molar refractivity (Wildman–Crippen MR) is 144 cm³/mol. The highest BCUT2D eigenvalue weighted by atomic mass is 35.5. The summed E-state index contributed by atoms with van der Waals surface area (Å²) in [5, 5.41) is 3.50. The summed E-state index contributed by atoms with van der Waals surface area (Å²) in [4.78, 5) is 27.9. The molecular weight excluding hydrogens is 541 g/mol. The van der Waals surface area contributed by atoms with E-state index in [4.69, 9.17) is 32.7 Å². The fraction of sp³-hybridized carbons (Fsp3) is 0.440. The summed E-state index contributed by atoms with van der Waals surface area (Å²) in [6.07, 6.45) is 0. The van der Waals surface area contributed by atoms with Gasteiger partial charge in [0.1, 0.15) is 12.6 Å². The summed E-state index contributed by atoms with van der Waals surface area (Å²) in [6, 6.07) is 8.69. The van der Waals surface area contributed by atoms with E-state index >= 15 is 0 Å². The molecule has 0 aromatic heterocycles. The van der Waals surface area contributed by atoms with Gasteiger partial charge in [0.05, 0.1) is 21.5 Å². The van der Waals surface area contributed by atoms with Crippen molar-refractivity contribution in [3.8, 4) is 11.5 Å². The first kappa shape index (κ1) is 28.9. The molecule has 0 unspecified atom stereocenters. The first-order chi connectivity index (χ1) is 17.4. The van der Waals surface area contributed by atoms with Crippen LogP contribution in [0.3, 0.4) is 0 Å². The van der Waals surface area contributed by atoms with Gasteiger partial charge in [-0.15, -0.1) is 0 Å². The second-order valence-electron chi connectivity index (χ2n) is 9.03. The van der Waals surface area contributed by atoms with Crippen LogP contribution in [0.25, 0.3) is 0 Å². The molecule has 1 aliphatic rings. The van der Waals surface area contributed by atoms with E-state index in [1.165, 1.54) is 17.9 Å². The maximum absolute atomic E-state index is 13.7. The van der Waals surface area contributed by atoms with Crippen molar-refractivity contribution in [1.29, 1.82) is 0 Å². The minimum Gasteiger partial charge on any atom is -0.454 e. The number of carbonyl (C=O) groups is 2. The first-order valence-corrected chi connectivity index (χ1v) is 14.2. The van der Waals surface area contributed by atoms with Gasteiger partial charge in [0, 0.05) is 19.2 Å². The van der Waals surface area contributed by atoms with Gasteiger partial charge in [0.15, 0.2) is 11.5 Å². The zero-order valence-corrected chi connectivity index (χ0v) is 23.5. The Labute approximate surface area is 227 Å². The van der Waals surface area contributed by atoms with Gasteiger partial charge in [0.2, 0.25) is 28.6 Å². The largest absolute Gasteiger partial charge is 0.454 e. The third-order valence-corrected chi connectivity index (χ3v) is 8.29. The van der Waals surface area contributed by atoms with Crippen LogP contribution in [0.4, 0.5) is 5.69 Å². The molecule has 0 fully saturated rings. The summed E-state index contributed by atoms with van der Waals surface area (Å²) in [6.45, 7) is 6.99. The van der Waals surface area contributed by atoms with Gasteiger partial charge in [-0.3, -0.25) is 13.9 Å². The Bertz CT molecular complexity index is 1250. The van der Waals surface area contributed by atoms with Gasteiger partial charge in [-0.05, 0) is 49.6 Å². The molecule has 1 atom stereocenters. The number of fused-ring (bicyclic) bond motifs is 1. The Balaban J connectivity index is 1.94. The van der Waals surface area contributed by atoms with Crippen molar-refractivity contribution in [3.05, 3.63) is 52.0 Å². The summed E-state index contributed by atoms with van der Waals surface area (Å²) >= 11 is 12.2. The van der Waals surface area contributed by atoms with Gasteiger partial charge in [-0.2, -0.15) is 0 Å². The summed E-state index contributed by atoms with van der Waals surface area (Å²) in [5.74, 6) is -0.0584. The van der Waals surface area contributed by atoms with Crippen molar-refractivity contribution in [1.82, 2.24) is 10.2 Å². The Morgan fingerprint density at radius 3 is 2.38 bits per heavy atom. The van der Waals surface area contributed by atoms with Crippen molar-refractivity contribution in [2.75, 3.05) is 29.9 Å². The van der Waals surface area contributed by atoms with E-state index in [9.17, 15) is 18.0 Å². The standard InChI is InChI=1S/C25H31Cl2N3O6S/c1-5-37(33,34)30(19-7-9-22-23(11-19)36-15-35-22)14-24(31)29(17(4)25(32)28-12-16(2)3)13-18-6-8-20(26)21(27)10-18/h6-11,16-17H,5,12-15H2,1-4H3,(H,28,32)/t17-/m0/s1. The molecule has 1 aliphatic heterocycles. The molecule has 0 bridgehead atoms. The van der Waals surface area contributed by atoms with Crippen LogP contribution in [0, 0.1) is 5.92 Å². The monoisotopic (exact) mass is 571 g/mol. The summed E-state index contributed by atoms with van der Waals surface area (Å²) < 4.78 is 37.8. The predicted octanol–water partition coefficient (Wildman–Crippen LogP) is 4.07. The number of benzene rings is 2. The lowest BCUT2D eigenvalue weighted by Gasteiger charge is -2.32. The minimum atomic E-state index is -3.86. The summed E-state index contributed by atoms with van der Waals surface area (Å²) in [5.41, 5.74) is 0.894. The topological polar surface area (TPSA) is 105 Å². The van der Waals surface area contributed by atoms with E-state index in [2.05, 4.69) is 5.32 Å². The van der Waals surface area contributed by atoms with Crippen molar-refractivity contribution < 1.29 is 27.5 Å². The van der Waals surface area contributed by atoms with Crippen LogP contribution in [0.15, 0.2) is 36.4 Å². The van der Waals surface area contributed by atoms with Crippen LogP contribution in [0.1, 0.15) is 33.3 Å². The highest BCUT2D eigenvalue weighted by Gasteiger charge is 2.32. The first-order valence-electron chi connectivity index (χ1n) is 11.8. The highest BCUT2D eigenvalue weighted by Crippen LogP contribution is 2.36. The van der Waals surface area contributed by atoms with Crippen LogP contribution in [0.5, 0.6) is 11.5 Å². The second kappa shape index (κ2) is 12.2. The van der Waals surface area contributed by atoms with Crippen LogP contribution in [-0.4, -0.2) is 56.8 Å². The smallest absolute Gasteiger partial charge is 0.244 e. The molecular formula is C25H31Cl2N3O6S. The third kappa shape index (κ3) is 7.21. The van der Waals surface area contributed by atoms with E-state index in [1.54, 1.807) is 37.3 Å². The van der Waals surface area contributed by atoms with Crippen molar-refractivity contribution in [3.63, 3.8) is 0 Å². The quantitative estimate of drug-likeness (QED) is 0.436. The van der Waals surface area contributed by atoms with E-state index in [-0.39, 0.29) is 36.6 Å². The molecule has 3 rings (SSSR count). The Hall–Kier alpha value is -2.69. The lowest BCUT2D eigenvalue weighted by atomic mass is 10.1. The Kier molecular flexibility index (Phi) is 9.55.